The minimum atomic E-state index is -0.459. The molecule has 0 fully saturated rings. The van der Waals surface area contributed by atoms with E-state index in [9.17, 15) is 10.1 Å². The minimum absolute atomic E-state index is 0.0955. The lowest BCUT2D eigenvalue weighted by atomic mass is 10.3. The van der Waals surface area contributed by atoms with Crippen LogP contribution in [0.25, 0.3) is 0 Å². The zero-order valence-corrected chi connectivity index (χ0v) is 8.53. The summed E-state index contributed by atoms with van der Waals surface area (Å²) in [5, 5.41) is 19.6. The lowest BCUT2D eigenvalue weighted by Crippen LogP contribution is -2.02. The second kappa shape index (κ2) is 4.97. The van der Waals surface area contributed by atoms with Crippen molar-refractivity contribution < 1.29 is 10.0 Å². The molecule has 0 heterocycles. The number of thioether (sulfide) groups is 1. The second-order valence-electron chi connectivity index (χ2n) is 2.88. The highest BCUT2D eigenvalue weighted by atomic mass is 32.2. The molecule has 1 rings (SSSR count). The van der Waals surface area contributed by atoms with E-state index in [1.807, 2.05) is 0 Å². The molecule has 0 aliphatic rings. The molecule has 4 nitrogen and oxygen atoms in total. The molecule has 0 radical (unpaired) electrons. The minimum Gasteiger partial charge on any atom is -0.393 e. The van der Waals surface area contributed by atoms with Crippen LogP contribution in [0.5, 0.6) is 0 Å². The first-order valence-electron chi connectivity index (χ1n) is 4.15. The Morgan fingerprint density at radius 1 is 1.57 bits per heavy atom. The van der Waals surface area contributed by atoms with Crippen LogP contribution in [0.4, 0.5) is 5.69 Å². The average Bonchev–Trinajstić information content (AvgIpc) is 2.15. The van der Waals surface area contributed by atoms with E-state index in [1.54, 1.807) is 25.1 Å². The lowest BCUT2D eigenvalue weighted by molar-refractivity contribution is -0.387. The van der Waals surface area contributed by atoms with Gasteiger partial charge < -0.3 is 5.11 Å². The van der Waals surface area contributed by atoms with Crippen LogP contribution in [0.1, 0.15) is 6.92 Å². The fourth-order valence-electron chi connectivity index (χ4n) is 0.940. The van der Waals surface area contributed by atoms with Crippen LogP contribution in [-0.2, 0) is 0 Å². The van der Waals surface area contributed by atoms with E-state index in [0.29, 0.717) is 10.6 Å². The van der Waals surface area contributed by atoms with E-state index >= 15 is 0 Å². The van der Waals surface area contributed by atoms with Gasteiger partial charge in [0.05, 0.1) is 15.9 Å². The summed E-state index contributed by atoms with van der Waals surface area (Å²) in [5.74, 6) is 0.463. The highest BCUT2D eigenvalue weighted by Crippen LogP contribution is 2.28. The van der Waals surface area contributed by atoms with Crippen molar-refractivity contribution in [3.63, 3.8) is 0 Å². The van der Waals surface area contributed by atoms with Crippen molar-refractivity contribution in [3.8, 4) is 0 Å². The number of nitro groups is 1. The van der Waals surface area contributed by atoms with Crippen LogP contribution < -0.4 is 0 Å². The van der Waals surface area contributed by atoms with Gasteiger partial charge in [0.2, 0.25) is 0 Å². The SMILES string of the molecule is C[C@@H](O)CSc1ccccc1[N+](=O)[O-]. The zero-order valence-electron chi connectivity index (χ0n) is 7.71. The summed E-state index contributed by atoms with van der Waals surface area (Å²) < 4.78 is 0. The Hall–Kier alpha value is -1.07. The molecule has 14 heavy (non-hydrogen) atoms. The van der Waals surface area contributed by atoms with Crippen LogP contribution >= 0.6 is 11.8 Å². The van der Waals surface area contributed by atoms with Gasteiger partial charge in [-0.25, -0.2) is 0 Å². The predicted octanol–water partition coefficient (Wildman–Crippen LogP) is 2.07. The number of aliphatic hydroxyl groups is 1. The maximum atomic E-state index is 10.6. The molecule has 1 aromatic rings. The van der Waals surface area contributed by atoms with Crippen molar-refractivity contribution in [2.45, 2.75) is 17.9 Å². The van der Waals surface area contributed by atoms with Crippen LogP contribution in [0.2, 0.25) is 0 Å². The normalized spacial score (nSPS) is 12.4. The van der Waals surface area contributed by atoms with Gasteiger partial charge in [-0.3, -0.25) is 10.1 Å². The Bertz CT molecular complexity index is 328. The van der Waals surface area contributed by atoms with Gasteiger partial charge in [0, 0.05) is 11.8 Å². The summed E-state index contributed by atoms with van der Waals surface area (Å²) in [6, 6.07) is 6.53. The molecule has 0 saturated carbocycles. The topological polar surface area (TPSA) is 63.4 Å². The van der Waals surface area contributed by atoms with Gasteiger partial charge in [-0.2, -0.15) is 0 Å². The summed E-state index contributed by atoms with van der Waals surface area (Å²) in [4.78, 5) is 10.8. The molecule has 1 aromatic carbocycles. The molecule has 0 aromatic heterocycles. The van der Waals surface area contributed by atoms with Gasteiger partial charge in [0.25, 0.3) is 5.69 Å². The molecule has 0 saturated heterocycles. The van der Waals surface area contributed by atoms with E-state index in [0.717, 1.165) is 0 Å². The Labute approximate surface area is 86.1 Å². The molecule has 1 N–H and O–H groups in total. The van der Waals surface area contributed by atoms with Crippen molar-refractivity contribution in [2.75, 3.05) is 5.75 Å². The quantitative estimate of drug-likeness (QED) is 0.472. The van der Waals surface area contributed by atoms with Crippen LogP contribution in [0, 0.1) is 10.1 Å². The van der Waals surface area contributed by atoms with Gasteiger partial charge in [-0.05, 0) is 13.0 Å². The molecule has 1 atom stereocenters. The summed E-state index contributed by atoms with van der Waals surface area (Å²) in [6.07, 6.45) is -0.459. The molecule has 0 aliphatic heterocycles. The Kier molecular flexibility index (Phi) is 3.91. The number of nitro benzene ring substituents is 1. The highest BCUT2D eigenvalue weighted by molar-refractivity contribution is 7.99. The second-order valence-corrected chi connectivity index (χ2v) is 3.95. The van der Waals surface area contributed by atoms with Crippen molar-refractivity contribution in [1.82, 2.24) is 0 Å². The molecule has 0 amide bonds. The maximum Gasteiger partial charge on any atom is 0.282 e. The monoisotopic (exact) mass is 213 g/mol. The number of aliphatic hydroxyl groups excluding tert-OH is 1. The largest absolute Gasteiger partial charge is 0.393 e. The summed E-state index contributed by atoms with van der Waals surface area (Å²) >= 11 is 1.29. The Morgan fingerprint density at radius 2 is 2.21 bits per heavy atom. The van der Waals surface area contributed by atoms with Gasteiger partial charge in [0.15, 0.2) is 0 Å². The van der Waals surface area contributed by atoms with Gasteiger partial charge in [-0.15, -0.1) is 11.8 Å². The van der Waals surface area contributed by atoms with Crippen molar-refractivity contribution in [2.24, 2.45) is 0 Å². The molecule has 0 aliphatic carbocycles. The fraction of sp³-hybridized carbons (Fsp3) is 0.333. The third kappa shape index (κ3) is 3.01. The number of benzene rings is 1. The molecule has 5 heteroatoms. The summed E-state index contributed by atoms with van der Waals surface area (Å²) in [5.41, 5.74) is 0.0955. The zero-order chi connectivity index (χ0) is 10.6. The molecule has 0 spiro atoms. The number of hydrogen-bond acceptors (Lipinski definition) is 4. The average molecular weight is 213 g/mol. The predicted molar refractivity (Wildman–Crippen MR) is 55.5 cm³/mol. The number of hydrogen-bond donors (Lipinski definition) is 1. The smallest absolute Gasteiger partial charge is 0.282 e. The number of para-hydroxylation sites is 1. The first kappa shape index (κ1) is 11.0. The van der Waals surface area contributed by atoms with Crippen LogP contribution in [0.3, 0.4) is 0 Å². The third-order valence-corrected chi connectivity index (χ3v) is 2.85. The highest BCUT2D eigenvalue weighted by Gasteiger charge is 2.12. The Morgan fingerprint density at radius 3 is 2.79 bits per heavy atom. The van der Waals surface area contributed by atoms with E-state index in [-0.39, 0.29) is 5.69 Å². The lowest BCUT2D eigenvalue weighted by Gasteiger charge is -2.04. The molecule has 0 unspecified atom stereocenters. The first-order chi connectivity index (χ1) is 6.61. The first-order valence-corrected chi connectivity index (χ1v) is 5.14. The molecular weight excluding hydrogens is 202 g/mol. The number of rotatable bonds is 4. The van der Waals surface area contributed by atoms with Gasteiger partial charge in [0.1, 0.15) is 0 Å². The van der Waals surface area contributed by atoms with Gasteiger partial charge in [-0.1, -0.05) is 12.1 Å². The van der Waals surface area contributed by atoms with Crippen molar-refractivity contribution in [1.29, 1.82) is 0 Å². The van der Waals surface area contributed by atoms with Crippen LogP contribution in [0.15, 0.2) is 29.2 Å². The summed E-state index contributed by atoms with van der Waals surface area (Å²) in [7, 11) is 0. The molecular formula is C9H11NO3S. The van der Waals surface area contributed by atoms with Crippen molar-refractivity contribution in [3.05, 3.63) is 34.4 Å². The van der Waals surface area contributed by atoms with E-state index in [4.69, 9.17) is 5.11 Å². The van der Waals surface area contributed by atoms with Gasteiger partial charge >= 0.3 is 0 Å². The van der Waals surface area contributed by atoms with E-state index < -0.39 is 11.0 Å². The summed E-state index contributed by atoms with van der Waals surface area (Å²) in [6.45, 7) is 1.65. The standard InChI is InChI=1S/C9H11NO3S/c1-7(11)6-14-9-5-3-2-4-8(9)10(12)13/h2-5,7,11H,6H2,1H3/t7-/m1/s1. The van der Waals surface area contributed by atoms with Crippen LogP contribution in [-0.4, -0.2) is 21.9 Å². The van der Waals surface area contributed by atoms with Crippen molar-refractivity contribution >= 4 is 17.4 Å². The van der Waals surface area contributed by atoms with E-state index in [1.165, 1.54) is 17.8 Å². The third-order valence-electron chi connectivity index (χ3n) is 1.54. The molecule has 76 valence electrons. The van der Waals surface area contributed by atoms with E-state index in [2.05, 4.69) is 0 Å². The Balaban J connectivity index is 2.79. The molecule has 0 bridgehead atoms. The fourth-order valence-corrected chi connectivity index (χ4v) is 1.83. The number of nitrogens with zero attached hydrogens (tertiary/aromatic N) is 1. The maximum absolute atomic E-state index is 10.6.